The fourth-order valence-corrected chi connectivity index (χ4v) is 1.37. The molecule has 9 nitrogen and oxygen atoms in total. The molecule has 0 aromatic carbocycles. The zero-order valence-electron chi connectivity index (χ0n) is 11.7. The van der Waals surface area contributed by atoms with Gasteiger partial charge in [0.1, 0.15) is 0 Å². The van der Waals surface area contributed by atoms with Gasteiger partial charge in [0.25, 0.3) is 0 Å². The molecule has 0 spiro atoms. The van der Waals surface area contributed by atoms with E-state index in [4.69, 9.17) is 0 Å². The molecule has 19 heavy (non-hydrogen) atoms. The van der Waals surface area contributed by atoms with Crippen molar-refractivity contribution in [2.75, 3.05) is 32.6 Å². The standard InChI is InChI=1S/C10H18N6O3/c1-7(6-11-19-5)12-9(17)16-10(18)15(4)8(13-16)14(2)3/h11H,6H2,1-5H3. The Hall–Kier alpha value is -2.00. The first-order valence-corrected chi connectivity index (χ1v) is 5.56. The molecule has 0 aliphatic carbocycles. The summed E-state index contributed by atoms with van der Waals surface area (Å²) >= 11 is 0. The minimum absolute atomic E-state index is 0.282. The van der Waals surface area contributed by atoms with E-state index in [9.17, 15) is 9.59 Å². The van der Waals surface area contributed by atoms with Crippen molar-refractivity contribution in [3.63, 3.8) is 0 Å². The summed E-state index contributed by atoms with van der Waals surface area (Å²) in [5.74, 6) is 0.376. The van der Waals surface area contributed by atoms with Gasteiger partial charge in [-0.1, -0.05) is 0 Å². The molecule has 0 bridgehead atoms. The molecule has 0 atom stereocenters. The van der Waals surface area contributed by atoms with E-state index in [0.717, 1.165) is 4.68 Å². The van der Waals surface area contributed by atoms with Crippen LogP contribution >= 0.6 is 0 Å². The Bertz CT molecular complexity index is 542. The van der Waals surface area contributed by atoms with E-state index in [2.05, 4.69) is 20.4 Å². The zero-order chi connectivity index (χ0) is 14.6. The average Bonchev–Trinajstić information content (AvgIpc) is 2.64. The minimum atomic E-state index is -0.732. The molecular formula is C10H18N6O3. The van der Waals surface area contributed by atoms with Gasteiger partial charge in [0.15, 0.2) is 0 Å². The molecule has 1 N–H and O–H groups in total. The highest BCUT2D eigenvalue weighted by Crippen LogP contribution is 2.01. The minimum Gasteiger partial charge on any atom is -0.347 e. The van der Waals surface area contributed by atoms with Crippen LogP contribution in [0.4, 0.5) is 10.7 Å². The Labute approximate surface area is 110 Å². The first-order chi connectivity index (χ1) is 8.88. The van der Waals surface area contributed by atoms with Gasteiger partial charge < -0.3 is 9.74 Å². The maximum Gasteiger partial charge on any atom is 0.372 e. The predicted molar refractivity (Wildman–Crippen MR) is 70.7 cm³/mol. The quantitative estimate of drug-likeness (QED) is 0.570. The Kier molecular flexibility index (Phi) is 4.95. The van der Waals surface area contributed by atoms with Crippen LogP contribution in [0.2, 0.25) is 0 Å². The SMILES string of the molecule is CONCC(C)=NC(=O)n1nc(N(C)C)n(C)c1=O. The number of nitrogens with zero attached hydrogens (tertiary/aromatic N) is 5. The van der Waals surface area contributed by atoms with Gasteiger partial charge in [0.05, 0.1) is 13.7 Å². The lowest BCUT2D eigenvalue weighted by atomic mass is 10.4. The van der Waals surface area contributed by atoms with Crippen LogP contribution in [-0.4, -0.2) is 53.8 Å². The second-order valence-electron chi connectivity index (χ2n) is 4.10. The van der Waals surface area contributed by atoms with Crippen molar-refractivity contribution in [2.45, 2.75) is 6.92 Å². The monoisotopic (exact) mass is 270 g/mol. The molecule has 9 heteroatoms. The first-order valence-electron chi connectivity index (χ1n) is 5.56. The van der Waals surface area contributed by atoms with E-state index in [1.54, 1.807) is 25.9 Å². The fraction of sp³-hybridized carbons (Fsp3) is 0.600. The summed E-state index contributed by atoms with van der Waals surface area (Å²) in [4.78, 5) is 33.7. The van der Waals surface area contributed by atoms with E-state index in [1.165, 1.54) is 18.7 Å². The number of amides is 1. The van der Waals surface area contributed by atoms with Crippen molar-refractivity contribution < 1.29 is 9.63 Å². The van der Waals surface area contributed by atoms with Crippen LogP contribution in [0.15, 0.2) is 9.79 Å². The summed E-state index contributed by atoms with van der Waals surface area (Å²) in [7, 11) is 6.46. The molecule has 1 aromatic heterocycles. The number of carbonyl (C=O) groups is 1. The van der Waals surface area contributed by atoms with E-state index >= 15 is 0 Å². The van der Waals surface area contributed by atoms with Crippen LogP contribution in [-0.2, 0) is 11.9 Å². The van der Waals surface area contributed by atoms with Gasteiger partial charge in [-0.05, 0) is 6.92 Å². The molecular weight excluding hydrogens is 252 g/mol. The fourth-order valence-electron chi connectivity index (χ4n) is 1.37. The third kappa shape index (κ3) is 3.48. The average molecular weight is 270 g/mol. The molecule has 0 aliphatic heterocycles. The van der Waals surface area contributed by atoms with Crippen molar-refractivity contribution in [1.82, 2.24) is 19.8 Å². The molecule has 0 saturated carbocycles. The molecule has 0 unspecified atom stereocenters. The smallest absolute Gasteiger partial charge is 0.347 e. The number of anilines is 1. The Morgan fingerprint density at radius 2 is 2.16 bits per heavy atom. The number of hydrogen-bond donors (Lipinski definition) is 1. The van der Waals surface area contributed by atoms with Gasteiger partial charge in [-0.15, -0.1) is 9.78 Å². The normalized spacial score (nSPS) is 11.7. The molecule has 106 valence electrons. The third-order valence-corrected chi connectivity index (χ3v) is 2.30. The Morgan fingerprint density at radius 3 is 2.63 bits per heavy atom. The highest BCUT2D eigenvalue weighted by Gasteiger charge is 2.16. The number of hydroxylamine groups is 1. The number of aliphatic imine (C=N–C) groups is 1. The van der Waals surface area contributed by atoms with Gasteiger partial charge >= 0.3 is 11.7 Å². The van der Waals surface area contributed by atoms with Crippen molar-refractivity contribution in [3.8, 4) is 0 Å². The van der Waals surface area contributed by atoms with Gasteiger partial charge in [-0.2, -0.15) is 10.5 Å². The highest BCUT2D eigenvalue weighted by molar-refractivity contribution is 5.95. The molecule has 0 fully saturated rings. The number of rotatable bonds is 4. The van der Waals surface area contributed by atoms with E-state index in [1.807, 2.05) is 0 Å². The molecule has 0 aliphatic rings. The van der Waals surface area contributed by atoms with E-state index < -0.39 is 11.7 Å². The number of hydrogen-bond acceptors (Lipinski definition) is 6. The van der Waals surface area contributed by atoms with E-state index in [0.29, 0.717) is 11.7 Å². The Morgan fingerprint density at radius 1 is 1.53 bits per heavy atom. The topological polar surface area (TPSA) is 93.7 Å². The lowest BCUT2D eigenvalue weighted by Gasteiger charge is -2.08. The largest absolute Gasteiger partial charge is 0.372 e. The summed E-state index contributed by atoms with van der Waals surface area (Å²) in [6.45, 7) is 1.93. The zero-order valence-corrected chi connectivity index (χ0v) is 11.7. The maximum atomic E-state index is 11.8. The van der Waals surface area contributed by atoms with Crippen molar-refractivity contribution >= 4 is 17.7 Å². The van der Waals surface area contributed by atoms with Crippen LogP contribution in [0, 0.1) is 0 Å². The molecule has 1 amide bonds. The van der Waals surface area contributed by atoms with Crippen LogP contribution in [0.1, 0.15) is 6.92 Å². The molecule has 0 radical (unpaired) electrons. The van der Waals surface area contributed by atoms with Crippen LogP contribution in [0.3, 0.4) is 0 Å². The van der Waals surface area contributed by atoms with Gasteiger partial charge in [0.2, 0.25) is 5.95 Å². The predicted octanol–water partition coefficient (Wildman–Crippen LogP) is -0.772. The third-order valence-electron chi connectivity index (χ3n) is 2.30. The number of nitrogens with one attached hydrogen (secondary N) is 1. The molecule has 0 saturated heterocycles. The van der Waals surface area contributed by atoms with Gasteiger partial charge in [-0.3, -0.25) is 4.57 Å². The maximum absolute atomic E-state index is 11.8. The molecule has 1 aromatic rings. The lowest BCUT2D eigenvalue weighted by Crippen LogP contribution is -2.29. The summed E-state index contributed by atoms with van der Waals surface area (Å²) in [6.07, 6.45) is 0. The highest BCUT2D eigenvalue weighted by atomic mass is 16.6. The number of carbonyl (C=O) groups excluding carboxylic acids is 1. The summed E-state index contributed by atoms with van der Waals surface area (Å²) < 4.78 is 2.00. The summed E-state index contributed by atoms with van der Waals surface area (Å²) in [6, 6.07) is -0.732. The second-order valence-corrected chi connectivity index (χ2v) is 4.10. The van der Waals surface area contributed by atoms with Crippen molar-refractivity contribution in [1.29, 1.82) is 0 Å². The first kappa shape index (κ1) is 15.1. The summed E-state index contributed by atoms with van der Waals surface area (Å²) in [5.41, 5.74) is 2.50. The molecule has 1 rings (SSSR count). The summed E-state index contributed by atoms with van der Waals surface area (Å²) in [5, 5.41) is 3.93. The van der Waals surface area contributed by atoms with Gasteiger partial charge in [-0.25, -0.2) is 9.59 Å². The van der Waals surface area contributed by atoms with Gasteiger partial charge in [0, 0.05) is 26.9 Å². The van der Waals surface area contributed by atoms with Crippen molar-refractivity contribution in [2.24, 2.45) is 12.0 Å². The van der Waals surface area contributed by atoms with Crippen LogP contribution in [0.5, 0.6) is 0 Å². The van der Waals surface area contributed by atoms with Crippen LogP contribution in [0.25, 0.3) is 0 Å². The lowest BCUT2D eigenvalue weighted by molar-refractivity contribution is 0.104. The number of aromatic nitrogens is 3. The second kappa shape index (κ2) is 6.25. The molecule has 1 heterocycles. The van der Waals surface area contributed by atoms with Crippen molar-refractivity contribution in [3.05, 3.63) is 10.5 Å². The van der Waals surface area contributed by atoms with Crippen LogP contribution < -0.4 is 16.1 Å². The Balaban J connectivity index is 3.01. The van der Waals surface area contributed by atoms with E-state index in [-0.39, 0.29) is 6.54 Å².